The SMILES string of the molecule is CNC(=O)CCN(C)c1nc(-c2ccncc2)nc2c1CCNC2. The molecule has 0 saturated heterocycles. The Morgan fingerprint density at radius 3 is 2.88 bits per heavy atom. The van der Waals surface area contributed by atoms with E-state index in [4.69, 9.17) is 9.97 Å². The molecule has 0 unspecified atom stereocenters. The lowest BCUT2D eigenvalue weighted by atomic mass is 10.1. The molecule has 1 amide bonds. The van der Waals surface area contributed by atoms with Crippen LogP contribution in [-0.2, 0) is 17.8 Å². The van der Waals surface area contributed by atoms with Crippen LogP contribution in [-0.4, -0.2) is 48.0 Å². The quantitative estimate of drug-likeness (QED) is 0.844. The third-order valence-corrected chi connectivity index (χ3v) is 4.17. The second-order valence-electron chi connectivity index (χ2n) is 5.80. The van der Waals surface area contributed by atoms with E-state index in [0.29, 0.717) is 18.8 Å². The minimum absolute atomic E-state index is 0.0285. The van der Waals surface area contributed by atoms with Crippen molar-refractivity contribution in [1.29, 1.82) is 0 Å². The summed E-state index contributed by atoms with van der Waals surface area (Å²) in [6.45, 7) is 2.28. The van der Waals surface area contributed by atoms with Crippen LogP contribution in [0.1, 0.15) is 17.7 Å². The molecule has 0 aromatic carbocycles. The molecule has 2 aromatic heterocycles. The van der Waals surface area contributed by atoms with Gasteiger partial charge in [-0.3, -0.25) is 9.78 Å². The molecule has 3 heterocycles. The molecular formula is C17H22N6O. The minimum atomic E-state index is 0.0285. The number of hydrogen-bond donors (Lipinski definition) is 2. The Kier molecular flexibility index (Phi) is 5.00. The van der Waals surface area contributed by atoms with E-state index in [9.17, 15) is 4.79 Å². The number of anilines is 1. The molecule has 3 rings (SSSR count). The van der Waals surface area contributed by atoms with Gasteiger partial charge in [-0.2, -0.15) is 0 Å². The molecule has 0 radical (unpaired) electrons. The lowest BCUT2D eigenvalue weighted by Gasteiger charge is -2.26. The van der Waals surface area contributed by atoms with Gasteiger partial charge < -0.3 is 15.5 Å². The summed E-state index contributed by atoms with van der Waals surface area (Å²) in [6.07, 6.45) is 4.82. The molecule has 1 aliphatic rings. The highest BCUT2D eigenvalue weighted by atomic mass is 16.1. The number of nitrogens with zero attached hydrogens (tertiary/aromatic N) is 4. The molecule has 126 valence electrons. The molecule has 1 aliphatic heterocycles. The fourth-order valence-corrected chi connectivity index (χ4v) is 2.79. The van der Waals surface area contributed by atoms with E-state index in [1.54, 1.807) is 19.4 Å². The molecule has 24 heavy (non-hydrogen) atoms. The highest BCUT2D eigenvalue weighted by Crippen LogP contribution is 2.26. The molecule has 0 spiro atoms. The fourth-order valence-electron chi connectivity index (χ4n) is 2.79. The van der Waals surface area contributed by atoms with Crippen molar-refractivity contribution in [3.63, 3.8) is 0 Å². The second kappa shape index (κ2) is 7.35. The first kappa shape index (κ1) is 16.3. The third kappa shape index (κ3) is 3.51. The van der Waals surface area contributed by atoms with Crippen molar-refractivity contribution in [2.24, 2.45) is 0 Å². The van der Waals surface area contributed by atoms with Crippen LogP contribution in [0.3, 0.4) is 0 Å². The van der Waals surface area contributed by atoms with Crippen molar-refractivity contribution < 1.29 is 4.79 Å². The molecule has 2 aromatic rings. The van der Waals surface area contributed by atoms with Gasteiger partial charge in [0, 0.05) is 57.1 Å². The maximum Gasteiger partial charge on any atom is 0.221 e. The Hall–Kier alpha value is -2.54. The van der Waals surface area contributed by atoms with E-state index in [1.807, 2.05) is 24.1 Å². The summed E-state index contributed by atoms with van der Waals surface area (Å²) in [5.74, 6) is 1.64. The van der Waals surface area contributed by atoms with Crippen LogP contribution < -0.4 is 15.5 Å². The lowest BCUT2D eigenvalue weighted by molar-refractivity contribution is -0.120. The van der Waals surface area contributed by atoms with Gasteiger partial charge in [0.2, 0.25) is 5.91 Å². The van der Waals surface area contributed by atoms with Gasteiger partial charge in [-0.25, -0.2) is 9.97 Å². The van der Waals surface area contributed by atoms with Gasteiger partial charge in [0.25, 0.3) is 0 Å². The van der Waals surface area contributed by atoms with Crippen molar-refractivity contribution in [3.05, 3.63) is 35.8 Å². The van der Waals surface area contributed by atoms with Crippen LogP contribution in [0.4, 0.5) is 5.82 Å². The summed E-state index contributed by atoms with van der Waals surface area (Å²) in [7, 11) is 3.63. The van der Waals surface area contributed by atoms with E-state index < -0.39 is 0 Å². The maximum absolute atomic E-state index is 11.5. The predicted molar refractivity (Wildman–Crippen MR) is 92.6 cm³/mol. The normalized spacial score (nSPS) is 13.2. The number of carbonyl (C=O) groups excluding carboxylic acids is 1. The summed E-state index contributed by atoms with van der Waals surface area (Å²) in [5.41, 5.74) is 3.15. The van der Waals surface area contributed by atoms with Crippen LogP contribution in [0, 0.1) is 0 Å². The van der Waals surface area contributed by atoms with Crippen LogP contribution in [0.15, 0.2) is 24.5 Å². The Balaban J connectivity index is 1.95. The highest BCUT2D eigenvalue weighted by Gasteiger charge is 2.20. The van der Waals surface area contributed by atoms with Gasteiger partial charge in [-0.15, -0.1) is 0 Å². The summed E-state index contributed by atoms with van der Waals surface area (Å²) in [4.78, 5) is 27.2. The molecule has 0 fully saturated rings. The molecule has 0 bridgehead atoms. The molecule has 2 N–H and O–H groups in total. The van der Waals surface area contributed by atoms with Crippen molar-refractivity contribution in [2.75, 3.05) is 32.1 Å². The van der Waals surface area contributed by atoms with Gasteiger partial charge in [0.05, 0.1) is 5.69 Å². The van der Waals surface area contributed by atoms with Crippen LogP contribution in [0.5, 0.6) is 0 Å². The number of aromatic nitrogens is 3. The number of pyridine rings is 1. The maximum atomic E-state index is 11.5. The summed E-state index contributed by atoms with van der Waals surface area (Å²) in [6, 6.07) is 3.82. The zero-order valence-corrected chi connectivity index (χ0v) is 14.0. The van der Waals surface area contributed by atoms with Crippen molar-refractivity contribution >= 4 is 11.7 Å². The molecule has 0 saturated carbocycles. The first-order chi connectivity index (χ1) is 11.7. The zero-order valence-electron chi connectivity index (χ0n) is 14.0. The van der Waals surface area contributed by atoms with Crippen LogP contribution in [0.25, 0.3) is 11.4 Å². The number of carbonyl (C=O) groups is 1. The third-order valence-electron chi connectivity index (χ3n) is 4.17. The van der Waals surface area contributed by atoms with Gasteiger partial charge in [-0.1, -0.05) is 0 Å². The largest absolute Gasteiger partial charge is 0.359 e. The topological polar surface area (TPSA) is 83.0 Å². The Labute approximate surface area is 141 Å². The van der Waals surface area contributed by atoms with E-state index in [0.717, 1.165) is 36.6 Å². The Bertz CT molecular complexity index is 719. The fraction of sp³-hybridized carbons (Fsp3) is 0.412. The molecular weight excluding hydrogens is 304 g/mol. The van der Waals surface area contributed by atoms with Crippen molar-refractivity contribution in [1.82, 2.24) is 25.6 Å². The summed E-state index contributed by atoms with van der Waals surface area (Å²) in [5, 5.41) is 6.02. The summed E-state index contributed by atoms with van der Waals surface area (Å²) < 4.78 is 0. The number of fused-ring (bicyclic) bond motifs is 1. The molecule has 7 nitrogen and oxygen atoms in total. The Morgan fingerprint density at radius 2 is 2.12 bits per heavy atom. The number of rotatable bonds is 5. The van der Waals surface area contributed by atoms with Crippen molar-refractivity contribution in [3.8, 4) is 11.4 Å². The predicted octanol–water partition coefficient (Wildman–Crippen LogP) is 0.757. The van der Waals surface area contributed by atoms with E-state index in [1.165, 1.54) is 5.56 Å². The average Bonchev–Trinajstić information content (AvgIpc) is 2.65. The standard InChI is InChI=1S/C17H22N6O/c1-18-15(24)6-10-23(2)17-13-5-9-20-11-14(13)21-16(22-17)12-3-7-19-8-4-12/h3-4,7-8,20H,5-6,9-11H2,1-2H3,(H,18,24). The van der Waals surface area contributed by atoms with Gasteiger partial charge >= 0.3 is 0 Å². The summed E-state index contributed by atoms with van der Waals surface area (Å²) >= 11 is 0. The van der Waals surface area contributed by atoms with Crippen molar-refractivity contribution in [2.45, 2.75) is 19.4 Å². The molecule has 0 atom stereocenters. The first-order valence-electron chi connectivity index (χ1n) is 8.11. The number of nitrogens with one attached hydrogen (secondary N) is 2. The van der Waals surface area contributed by atoms with E-state index >= 15 is 0 Å². The highest BCUT2D eigenvalue weighted by molar-refractivity contribution is 5.76. The second-order valence-corrected chi connectivity index (χ2v) is 5.80. The van der Waals surface area contributed by atoms with E-state index in [2.05, 4.69) is 15.6 Å². The number of amides is 1. The van der Waals surface area contributed by atoms with Gasteiger partial charge in [0.15, 0.2) is 5.82 Å². The number of hydrogen-bond acceptors (Lipinski definition) is 6. The zero-order chi connectivity index (χ0) is 16.9. The molecule has 0 aliphatic carbocycles. The smallest absolute Gasteiger partial charge is 0.221 e. The first-order valence-corrected chi connectivity index (χ1v) is 8.11. The average molecular weight is 326 g/mol. The monoisotopic (exact) mass is 326 g/mol. The van der Waals surface area contributed by atoms with E-state index in [-0.39, 0.29) is 5.91 Å². The van der Waals surface area contributed by atoms with Crippen LogP contribution >= 0.6 is 0 Å². The van der Waals surface area contributed by atoms with Crippen LogP contribution in [0.2, 0.25) is 0 Å². The molecule has 7 heteroatoms. The van der Waals surface area contributed by atoms with Gasteiger partial charge in [0.1, 0.15) is 5.82 Å². The minimum Gasteiger partial charge on any atom is -0.359 e. The Morgan fingerprint density at radius 1 is 1.33 bits per heavy atom. The lowest BCUT2D eigenvalue weighted by Crippen LogP contribution is -2.31. The van der Waals surface area contributed by atoms with Gasteiger partial charge in [-0.05, 0) is 25.1 Å².